The van der Waals surface area contributed by atoms with Crippen LogP contribution in [0.2, 0.25) is 0 Å². The van der Waals surface area contributed by atoms with Gasteiger partial charge >= 0.3 is 0 Å². The van der Waals surface area contributed by atoms with Crippen molar-refractivity contribution in [3.05, 3.63) is 0 Å². The fourth-order valence-electron chi connectivity index (χ4n) is 0.469. The van der Waals surface area contributed by atoms with Gasteiger partial charge in [0.1, 0.15) is 6.61 Å². The maximum atomic E-state index is 8.12. The zero-order valence-electron chi connectivity index (χ0n) is 6.38. The largest absolute Gasteiger partial charge is 0.378 e. The van der Waals surface area contributed by atoms with Crippen LogP contribution in [-0.2, 0) is 9.47 Å². The van der Waals surface area contributed by atoms with Gasteiger partial charge in [-0.15, -0.1) is 6.42 Å². The Kier molecular flexibility index (Phi) is 8.13. The van der Waals surface area contributed by atoms with Crippen molar-refractivity contribution in [1.29, 1.82) is 5.26 Å². The van der Waals surface area contributed by atoms with E-state index in [2.05, 4.69) is 5.92 Å². The number of rotatable bonds is 6. The Balaban J connectivity index is 2.82. The van der Waals surface area contributed by atoms with Crippen molar-refractivity contribution in [1.82, 2.24) is 0 Å². The molecular weight excluding hydrogens is 142 g/mol. The Morgan fingerprint density at radius 1 is 1.18 bits per heavy atom. The van der Waals surface area contributed by atoms with Gasteiger partial charge in [-0.2, -0.15) is 5.26 Å². The van der Waals surface area contributed by atoms with Gasteiger partial charge in [-0.1, -0.05) is 5.92 Å². The zero-order chi connectivity index (χ0) is 8.36. The van der Waals surface area contributed by atoms with Crippen molar-refractivity contribution >= 4 is 0 Å². The van der Waals surface area contributed by atoms with Crippen LogP contribution < -0.4 is 0 Å². The molecule has 0 rings (SSSR count). The molecule has 0 radical (unpaired) electrons. The summed E-state index contributed by atoms with van der Waals surface area (Å²) in [6.07, 6.45) is 5.36. The van der Waals surface area contributed by atoms with Crippen LogP contribution in [0.15, 0.2) is 0 Å². The van der Waals surface area contributed by atoms with Gasteiger partial charge in [-0.3, -0.25) is 0 Å². The fourth-order valence-corrected chi connectivity index (χ4v) is 0.469. The smallest absolute Gasteiger partial charge is 0.107 e. The Bertz CT molecular complexity index is 136. The minimum absolute atomic E-state index is 0.321. The van der Waals surface area contributed by atoms with E-state index in [1.807, 2.05) is 6.07 Å². The average molecular weight is 153 g/mol. The first-order valence-corrected chi connectivity index (χ1v) is 3.37. The standard InChI is InChI=1S/C8H11NO2/c1-2-5-10-7-8-11-6-3-4-9/h1H,3,5-8H2. The number of nitriles is 1. The van der Waals surface area contributed by atoms with Gasteiger partial charge in [0.2, 0.25) is 0 Å². The molecule has 0 saturated carbocycles. The van der Waals surface area contributed by atoms with Crippen molar-refractivity contribution in [2.75, 3.05) is 26.4 Å². The lowest BCUT2D eigenvalue weighted by atomic mass is 10.5. The second-order valence-corrected chi connectivity index (χ2v) is 1.78. The van der Waals surface area contributed by atoms with Crippen molar-refractivity contribution in [2.45, 2.75) is 6.42 Å². The first kappa shape index (κ1) is 9.97. The summed E-state index contributed by atoms with van der Waals surface area (Å²) in [5.41, 5.74) is 0. The molecule has 0 aliphatic rings. The van der Waals surface area contributed by atoms with Crippen LogP contribution in [0, 0.1) is 23.7 Å². The van der Waals surface area contributed by atoms with E-state index in [-0.39, 0.29) is 0 Å². The third kappa shape index (κ3) is 8.97. The molecule has 0 amide bonds. The van der Waals surface area contributed by atoms with Crippen LogP contribution in [0.4, 0.5) is 0 Å². The summed E-state index contributed by atoms with van der Waals surface area (Å²) in [6.45, 7) is 1.79. The number of hydrogen-bond acceptors (Lipinski definition) is 3. The van der Waals surface area contributed by atoms with Crippen molar-refractivity contribution in [3.63, 3.8) is 0 Å². The van der Waals surface area contributed by atoms with E-state index >= 15 is 0 Å². The highest BCUT2D eigenvalue weighted by molar-refractivity contribution is 4.82. The Morgan fingerprint density at radius 2 is 1.91 bits per heavy atom. The summed E-state index contributed by atoms with van der Waals surface area (Å²) >= 11 is 0. The number of hydrogen-bond donors (Lipinski definition) is 0. The monoisotopic (exact) mass is 153 g/mol. The van der Waals surface area contributed by atoms with Gasteiger partial charge in [0.15, 0.2) is 0 Å². The minimum atomic E-state index is 0.321. The molecule has 11 heavy (non-hydrogen) atoms. The van der Waals surface area contributed by atoms with E-state index in [1.165, 1.54) is 0 Å². The molecule has 0 fully saturated rings. The second-order valence-electron chi connectivity index (χ2n) is 1.78. The number of nitrogens with zero attached hydrogens (tertiary/aromatic N) is 1. The summed E-state index contributed by atoms with van der Waals surface area (Å²) in [5.74, 6) is 2.34. The Labute approximate surface area is 66.9 Å². The van der Waals surface area contributed by atoms with Crippen LogP contribution in [0.5, 0.6) is 0 Å². The molecule has 0 atom stereocenters. The van der Waals surface area contributed by atoms with Crippen molar-refractivity contribution in [2.24, 2.45) is 0 Å². The highest BCUT2D eigenvalue weighted by atomic mass is 16.5. The number of ether oxygens (including phenoxy) is 2. The van der Waals surface area contributed by atoms with Gasteiger partial charge in [-0.25, -0.2) is 0 Å². The molecule has 3 nitrogen and oxygen atoms in total. The maximum Gasteiger partial charge on any atom is 0.107 e. The van der Waals surface area contributed by atoms with Crippen LogP contribution in [0.3, 0.4) is 0 Å². The minimum Gasteiger partial charge on any atom is -0.378 e. The SMILES string of the molecule is C#CCOCCOCCC#N. The highest BCUT2D eigenvalue weighted by Gasteiger charge is 1.86. The molecule has 0 aliphatic carbocycles. The molecule has 0 aromatic rings. The quantitative estimate of drug-likeness (QED) is 0.413. The molecule has 0 N–H and O–H groups in total. The van der Waals surface area contributed by atoms with Gasteiger partial charge in [-0.05, 0) is 0 Å². The Morgan fingerprint density at radius 3 is 2.55 bits per heavy atom. The van der Waals surface area contributed by atoms with Crippen LogP contribution >= 0.6 is 0 Å². The number of terminal acetylenes is 1. The fraction of sp³-hybridized carbons (Fsp3) is 0.625. The van der Waals surface area contributed by atoms with Gasteiger partial charge in [0, 0.05) is 0 Å². The lowest BCUT2D eigenvalue weighted by Crippen LogP contribution is -2.04. The molecule has 0 aromatic heterocycles. The summed E-state index contributed by atoms with van der Waals surface area (Å²) in [6, 6.07) is 1.97. The lowest BCUT2D eigenvalue weighted by molar-refractivity contribution is 0.0626. The molecule has 0 heterocycles. The molecule has 0 aromatic carbocycles. The zero-order valence-corrected chi connectivity index (χ0v) is 6.38. The van der Waals surface area contributed by atoms with Crippen LogP contribution in [0.25, 0.3) is 0 Å². The van der Waals surface area contributed by atoms with E-state index in [0.29, 0.717) is 32.8 Å². The lowest BCUT2D eigenvalue weighted by Gasteiger charge is -2.00. The molecular formula is C8H11NO2. The van der Waals surface area contributed by atoms with Crippen molar-refractivity contribution in [3.8, 4) is 18.4 Å². The highest BCUT2D eigenvalue weighted by Crippen LogP contribution is 1.80. The Hall–Kier alpha value is -1.03. The normalized spacial score (nSPS) is 8.55. The van der Waals surface area contributed by atoms with Crippen LogP contribution in [-0.4, -0.2) is 26.4 Å². The third-order valence-corrected chi connectivity index (χ3v) is 0.916. The van der Waals surface area contributed by atoms with E-state index < -0.39 is 0 Å². The second kappa shape index (κ2) is 8.97. The molecule has 0 spiro atoms. The molecule has 3 heteroatoms. The third-order valence-electron chi connectivity index (χ3n) is 0.916. The van der Waals surface area contributed by atoms with E-state index in [9.17, 15) is 0 Å². The topological polar surface area (TPSA) is 42.2 Å². The van der Waals surface area contributed by atoms with Gasteiger partial charge in [0.25, 0.3) is 0 Å². The van der Waals surface area contributed by atoms with Gasteiger partial charge in [0.05, 0.1) is 32.3 Å². The molecule has 0 bridgehead atoms. The maximum absolute atomic E-state index is 8.12. The first-order valence-electron chi connectivity index (χ1n) is 3.37. The molecule has 60 valence electrons. The van der Waals surface area contributed by atoms with E-state index in [1.54, 1.807) is 0 Å². The molecule has 0 saturated heterocycles. The van der Waals surface area contributed by atoms with E-state index in [4.69, 9.17) is 21.2 Å². The predicted octanol–water partition coefficient (Wildman–Crippen LogP) is 0.566. The molecule has 0 unspecified atom stereocenters. The summed E-state index contributed by atoms with van der Waals surface area (Å²) in [5, 5.41) is 8.12. The first-order chi connectivity index (χ1) is 5.41. The van der Waals surface area contributed by atoms with Crippen LogP contribution in [0.1, 0.15) is 6.42 Å². The average Bonchev–Trinajstić information content (AvgIpc) is 2.03. The van der Waals surface area contributed by atoms with Gasteiger partial charge < -0.3 is 9.47 Å². The summed E-state index contributed by atoms with van der Waals surface area (Å²) in [7, 11) is 0. The van der Waals surface area contributed by atoms with Crippen molar-refractivity contribution < 1.29 is 9.47 Å². The van der Waals surface area contributed by atoms with E-state index in [0.717, 1.165) is 0 Å². The summed E-state index contributed by atoms with van der Waals surface area (Å²) < 4.78 is 9.92. The summed E-state index contributed by atoms with van der Waals surface area (Å²) in [4.78, 5) is 0. The predicted molar refractivity (Wildman–Crippen MR) is 40.7 cm³/mol. The molecule has 0 aliphatic heterocycles.